The fraction of sp³-hybridized carbons (Fsp3) is 1.00. The maximum atomic E-state index is 3.65. The molecule has 1 aliphatic heterocycles. The van der Waals surface area contributed by atoms with Gasteiger partial charge in [0, 0.05) is 38.3 Å². The molecule has 0 aromatic carbocycles. The summed E-state index contributed by atoms with van der Waals surface area (Å²) in [6.07, 6.45) is 5.48. The van der Waals surface area contributed by atoms with Crippen molar-refractivity contribution in [2.45, 2.75) is 44.7 Å². The van der Waals surface area contributed by atoms with E-state index in [1.807, 2.05) is 0 Å². The third-order valence-electron chi connectivity index (χ3n) is 3.44. The van der Waals surface area contributed by atoms with Crippen molar-refractivity contribution in [3.05, 3.63) is 0 Å². The van der Waals surface area contributed by atoms with E-state index in [2.05, 4.69) is 22.5 Å². The van der Waals surface area contributed by atoms with Crippen molar-refractivity contribution >= 4 is 0 Å². The molecule has 2 fully saturated rings. The number of hydrogen-bond acceptors (Lipinski definition) is 3. The molecule has 2 rings (SSSR count). The largest absolute Gasteiger partial charge is 0.315 e. The fourth-order valence-corrected chi connectivity index (χ4v) is 2.39. The average molecular weight is 211 g/mol. The summed E-state index contributed by atoms with van der Waals surface area (Å²) in [7, 11) is 0. The normalized spacial score (nSPS) is 27.4. The van der Waals surface area contributed by atoms with E-state index in [1.165, 1.54) is 38.8 Å². The molecule has 1 heterocycles. The third-order valence-corrected chi connectivity index (χ3v) is 3.44. The molecule has 0 aromatic rings. The van der Waals surface area contributed by atoms with Crippen molar-refractivity contribution in [2.24, 2.45) is 0 Å². The summed E-state index contributed by atoms with van der Waals surface area (Å²) < 4.78 is 0. The first kappa shape index (κ1) is 11.4. The summed E-state index contributed by atoms with van der Waals surface area (Å²) >= 11 is 0. The Hall–Kier alpha value is -0.120. The van der Waals surface area contributed by atoms with Gasteiger partial charge in [-0.05, 0) is 32.2 Å². The van der Waals surface area contributed by atoms with Crippen molar-refractivity contribution in [3.8, 4) is 0 Å². The molecule has 3 heteroatoms. The number of nitrogens with one attached hydrogen (secondary N) is 2. The first-order valence-electron chi connectivity index (χ1n) is 6.58. The van der Waals surface area contributed by atoms with E-state index in [-0.39, 0.29) is 0 Å². The maximum Gasteiger partial charge on any atom is 0.0207 e. The summed E-state index contributed by atoms with van der Waals surface area (Å²) in [4.78, 5) is 2.66. The van der Waals surface area contributed by atoms with Crippen molar-refractivity contribution in [1.82, 2.24) is 15.5 Å². The van der Waals surface area contributed by atoms with E-state index in [9.17, 15) is 0 Å². The van der Waals surface area contributed by atoms with Gasteiger partial charge in [-0.1, -0.05) is 6.92 Å². The van der Waals surface area contributed by atoms with Gasteiger partial charge >= 0.3 is 0 Å². The second kappa shape index (κ2) is 5.83. The summed E-state index contributed by atoms with van der Waals surface area (Å²) in [5.74, 6) is 0. The fourth-order valence-electron chi connectivity index (χ4n) is 2.39. The minimum Gasteiger partial charge on any atom is -0.315 e. The molecule has 1 unspecified atom stereocenters. The number of hydrogen-bond donors (Lipinski definition) is 2. The third kappa shape index (κ3) is 3.74. The number of nitrogens with zero attached hydrogens (tertiary/aromatic N) is 1. The highest BCUT2D eigenvalue weighted by Crippen LogP contribution is 2.29. The molecule has 0 bridgehead atoms. The molecule has 1 aliphatic carbocycles. The Balaban J connectivity index is 1.49. The van der Waals surface area contributed by atoms with Crippen LogP contribution in [0.2, 0.25) is 0 Å². The maximum absolute atomic E-state index is 3.65. The van der Waals surface area contributed by atoms with Gasteiger partial charge < -0.3 is 10.6 Å². The highest BCUT2D eigenvalue weighted by atomic mass is 15.2. The molecule has 0 aromatic heterocycles. The molecule has 1 atom stereocenters. The Labute approximate surface area is 93.6 Å². The number of likely N-dealkylation sites (tertiary alicyclic amines) is 1. The Kier molecular flexibility index (Phi) is 4.42. The predicted octanol–water partition coefficient (Wildman–Crippen LogP) is 0.812. The predicted molar refractivity (Wildman–Crippen MR) is 64.2 cm³/mol. The molecular weight excluding hydrogens is 186 g/mol. The van der Waals surface area contributed by atoms with Crippen LogP contribution in [0.1, 0.15) is 32.6 Å². The Morgan fingerprint density at radius 1 is 1.13 bits per heavy atom. The zero-order valence-electron chi connectivity index (χ0n) is 9.97. The zero-order valence-corrected chi connectivity index (χ0v) is 9.97. The molecule has 0 radical (unpaired) electrons. The van der Waals surface area contributed by atoms with Crippen LogP contribution >= 0.6 is 0 Å². The first-order chi connectivity index (χ1) is 7.40. The second-order valence-corrected chi connectivity index (χ2v) is 4.92. The van der Waals surface area contributed by atoms with Crippen LogP contribution in [0.4, 0.5) is 0 Å². The Morgan fingerprint density at radius 2 is 2.00 bits per heavy atom. The lowest BCUT2D eigenvalue weighted by Gasteiger charge is -2.15. The van der Waals surface area contributed by atoms with Gasteiger partial charge in [0.15, 0.2) is 0 Å². The van der Waals surface area contributed by atoms with Gasteiger partial charge in [-0.2, -0.15) is 0 Å². The number of rotatable bonds is 7. The van der Waals surface area contributed by atoms with Gasteiger partial charge in [-0.3, -0.25) is 4.90 Å². The minimum atomic E-state index is 0.758. The molecule has 1 saturated carbocycles. The van der Waals surface area contributed by atoms with E-state index in [0.717, 1.165) is 31.7 Å². The SMILES string of the molecule is CCCNCCNC1CCN(C2CC2)C1. The van der Waals surface area contributed by atoms with Crippen LogP contribution in [0.5, 0.6) is 0 Å². The van der Waals surface area contributed by atoms with E-state index >= 15 is 0 Å². The van der Waals surface area contributed by atoms with Gasteiger partial charge in [0.2, 0.25) is 0 Å². The molecule has 2 aliphatic rings. The molecule has 15 heavy (non-hydrogen) atoms. The average Bonchev–Trinajstić information content (AvgIpc) is 2.99. The van der Waals surface area contributed by atoms with Gasteiger partial charge in [0.05, 0.1) is 0 Å². The van der Waals surface area contributed by atoms with E-state index in [1.54, 1.807) is 0 Å². The highest BCUT2D eigenvalue weighted by Gasteiger charge is 2.33. The highest BCUT2D eigenvalue weighted by molar-refractivity contribution is 4.91. The van der Waals surface area contributed by atoms with Crippen LogP contribution in [-0.4, -0.2) is 49.7 Å². The Morgan fingerprint density at radius 3 is 2.73 bits per heavy atom. The molecule has 1 saturated heterocycles. The molecular formula is C12H25N3. The quantitative estimate of drug-likeness (QED) is 0.610. The van der Waals surface area contributed by atoms with Crippen LogP contribution in [-0.2, 0) is 0 Å². The van der Waals surface area contributed by atoms with Gasteiger partial charge in [-0.25, -0.2) is 0 Å². The van der Waals surface area contributed by atoms with Gasteiger partial charge in [0.1, 0.15) is 0 Å². The van der Waals surface area contributed by atoms with Gasteiger partial charge in [-0.15, -0.1) is 0 Å². The topological polar surface area (TPSA) is 27.3 Å². The second-order valence-electron chi connectivity index (χ2n) is 4.92. The van der Waals surface area contributed by atoms with Crippen molar-refractivity contribution in [1.29, 1.82) is 0 Å². The summed E-state index contributed by atoms with van der Waals surface area (Å²) in [5, 5.41) is 7.08. The smallest absolute Gasteiger partial charge is 0.0207 e. The van der Waals surface area contributed by atoms with Crippen molar-refractivity contribution < 1.29 is 0 Å². The molecule has 3 nitrogen and oxygen atoms in total. The molecule has 0 amide bonds. The van der Waals surface area contributed by atoms with Crippen LogP contribution < -0.4 is 10.6 Å². The van der Waals surface area contributed by atoms with E-state index in [0.29, 0.717) is 0 Å². The van der Waals surface area contributed by atoms with Crippen LogP contribution in [0.3, 0.4) is 0 Å². The van der Waals surface area contributed by atoms with Crippen LogP contribution in [0.25, 0.3) is 0 Å². The lowest BCUT2D eigenvalue weighted by Crippen LogP contribution is -2.37. The summed E-state index contributed by atoms with van der Waals surface area (Å²) in [6, 6.07) is 1.71. The molecule has 2 N–H and O–H groups in total. The van der Waals surface area contributed by atoms with Crippen LogP contribution in [0, 0.1) is 0 Å². The minimum absolute atomic E-state index is 0.758. The van der Waals surface area contributed by atoms with Gasteiger partial charge in [0.25, 0.3) is 0 Å². The van der Waals surface area contributed by atoms with E-state index in [4.69, 9.17) is 0 Å². The standard InChI is InChI=1S/C12H25N3/c1-2-6-13-7-8-14-11-5-9-15(10-11)12-3-4-12/h11-14H,2-10H2,1H3. The monoisotopic (exact) mass is 211 g/mol. The lowest BCUT2D eigenvalue weighted by molar-refractivity contribution is 0.317. The van der Waals surface area contributed by atoms with Crippen molar-refractivity contribution in [2.75, 3.05) is 32.7 Å². The first-order valence-corrected chi connectivity index (χ1v) is 6.58. The van der Waals surface area contributed by atoms with Crippen molar-refractivity contribution in [3.63, 3.8) is 0 Å². The van der Waals surface area contributed by atoms with E-state index < -0.39 is 0 Å². The summed E-state index contributed by atoms with van der Waals surface area (Å²) in [6.45, 7) is 8.23. The summed E-state index contributed by atoms with van der Waals surface area (Å²) in [5.41, 5.74) is 0. The van der Waals surface area contributed by atoms with Crippen LogP contribution in [0.15, 0.2) is 0 Å². The lowest BCUT2D eigenvalue weighted by atomic mass is 10.2. The molecule has 88 valence electrons. The Bertz CT molecular complexity index is 180. The zero-order chi connectivity index (χ0) is 10.5. The molecule has 0 spiro atoms.